The van der Waals surface area contributed by atoms with Crippen LogP contribution in [0.2, 0.25) is 5.02 Å². The molecule has 3 rings (SSSR count). The van der Waals surface area contributed by atoms with Crippen molar-refractivity contribution in [1.82, 2.24) is 14.6 Å². The number of aryl methyl sites for hydroxylation is 2. The molecule has 9 heteroatoms. The molecule has 1 amide bonds. The summed E-state index contributed by atoms with van der Waals surface area (Å²) in [5, 5.41) is 0.468. The number of hydrogen-bond acceptors (Lipinski definition) is 5. The predicted molar refractivity (Wildman–Crippen MR) is 106 cm³/mol. The fraction of sp³-hybridized carbons (Fsp3) is 0.474. The molecule has 28 heavy (non-hydrogen) atoms. The molecule has 0 aliphatic carbocycles. The highest BCUT2D eigenvalue weighted by molar-refractivity contribution is 7.89. The largest absolute Gasteiger partial charge is 0.444 e. The summed E-state index contributed by atoms with van der Waals surface area (Å²) in [5.41, 5.74) is 0.783. The Morgan fingerprint density at radius 3 is 2.64 bits per heavy atom. The number of likely N-dealkylation sites (tertiary alicyclic amines) is 1. The second kappa shape index (κ2) is 8.23. The van der Waals surface area contributed by atoms with E-state index in [0.717, 1.165) is 12.8 Å². The van der Waals surface area contributed by atoms with Gasteiger partial charge in [-0.1, -0.05) is 18.5 Å². The molecule has 0 atom stereocenters. The SMILES string of the molecule is Cc1cc(Cl)ccc1S(=O)(=O)NCc1nc(C(=O)N2CCC(C)CC2)c(C)o1. The Labute approximate surface area is 170 Å². The maximum Gasteiger partial charge on any atom is 0.276 e. The van der Waals surface area contributed by atoms with E-state index in [1.807, 2.05) is 0 Å². The molecule has 7 nitrogen and oxygen atoms in total. The maximum atomic E-state index is 12.7. The normalized spacial score (nSPS) is 15.8. The number of carbonyl (C=O) groups excluding carboxylic acids is 1. The Hall–Kier alpha value is -1.90. The third kappa shape index (κ3) is 4.56. The van der Waals surface area contributed by atoms with E-state index in [1.165, 1.54) is 12.1 Å². The van der Waals surface area contributed by atoms with Gasteiger partial charge in [0.05, 0.1) is 11.4 Å². The van der Waals surface area contributed by atoms with Gasteiger partial charge in [0.15, 0.2) is 5.69 Å². The van der Waals surface area contributed by atoms with Crippen molar-refractivity contribution in [2.75, 3.05) is 13.1 Å². The lowest BCUT2D eigenvalue weighted by Gasteiger charge is -2.29. The molecule has 0 spiro atoms. The zero-order valence-corrected chi connectivity index (χ0v) is 17.7. The minimum absolute atomic E-state index is 0.138. The van der Waals surface area contributed by atoms with Crippen molar-refractivity contribution in [3.8, 4) is 0 Å². The van der Waals surface area contributed by atoms with E-state index in [2.05, 4.69) is 16.6 Å². The highest BCUT2D eigenvalue weighted by Crippen LogP contribution is 2.21. The lowest BCUT2D eigenvalue weighted by molar-refractivity contribution is 0.0690. The number of carbonyl (C=O) groups is 1. The van der Waals surface area contributed by atoms with Gasteiger partial charge in [0.25, 0.3) is 5.91 Å². The van der Waals surface area contributed by atoms with Gasteiger partial charge in [-0.15, -0.1) is 0 Å². The molecule has 0 radical (unpaired) electrons. The average Bonchev–Trinajstić information content (AvgIpc) is 3.00. The van der Waals surface area contributed by atoms with Crippen LogP contribution < -0.4 is 4.72 Å². The first-order valence-corrected chi connectivity index (χ1v) is 11.0. The summed E-state index contributed by atoms with van der Waals surface area (Å²) in [7, 11) is -3.76. The first-order chi connectivity index (χ1) is 13.2. The van der Waals surface area contributed by atoms with E-state index >= 15 is 0 Å². The minimum atomic E-state index is -3.76. The molecule has 0 saturated carbocycles. The fourth-order valence-corrected chi connectivity index (χ4v) is 4.66. The van der Waals surface area contributed by atoms with Gasteiger partial charge in [-0.3, -0.25) is 4.79 Å². The van der Waals surface area contributed by atoms with E-state index in [0.29, 0.717) is 35.4 Å². The van der Waals surface area contributed by atoms with Gasteiger partial charge in [0.2, 0.25) is 15.9 Å². The number of nitrogens with one attached hydrogen (secondary N) is 1. The Kier molecular flexibility index (Phi) is 6.12. The Balaban J connectivity index is 1.70. The molecule has 0 unspecified atom stereocenters. The Morgan fingerprint density at radius 2 is 2.00 bits per heavy atom. The molecule has 1 aromatic carbocycles. The number of rotatable bonds is 5. The molecular weight excluding hydrogens is 402 g/mol. The standard InChI is InChI=1S/C19H24ClN3O4S/c1-12-6-8-23(9-7-12)19(24)18-14(3)27-17(22-18)11-21-28(25,26)16-5-4-15(20)10-13(16)2/h4-5,10,12,21H,6-9,11H2,1-3H3. The van der Waals surface area contributed by atoms with Gasteiger partial charge >= 0.3 is 0 Å². The molecule has 1 aromatic heterocycles. The molecule has 2 aromatic rings. The number of halogens is 1. The summed E-state index contributed by atoms with van der Waals surface area (Å²) in [5.74, 6) is 0.987. The summed E-state index contributed by atoms with van der Waals surface area (Å²) < 4.78 is 33.1. The van der Waals surface area contributed by atoms with Gasteiger partial charge in [-0.2, -0.15) is 0 Å². The number of benzene rings is 1. The van der Waals surface area contributed by atoms with Crippen LogP contribution in [0.25, 0.3) is 0 Å². The number of sulfonamides is 1. The number of aromatic nitrogens is 1. The molecule has 1 N–H and O–H groups in total. The van der Waals surface area contributed by atoms with Crippen LogP contribution in [0.15, 0.2) is 27.5 Å². The smallest absolute Gasteiger partial charge is 0.276 e. The van der Waals surface area contributed by atoms with Crippen LogP contribution in [0.4, 0.5) is 0 Å². The maximum absolute atomic E-state index is 12.7. The Morgan fingerprint density at radius 1 is 1.32 bits per heavy atom. The highest BCUT2D eigenvalue weighted by Gasteiger charge is 2.26. The van der Waals surface area contributed by atoms with Gasteiger partial charge in [0, 0.05) is 18.1 Å². The van der Waals surface area contributed by atoms with Gasteiger partial charge in [-0.25, -0.2) is 18.1 Å². The van der Waals surface area contributed by atoms with Crippen molar-refractivity contribution >= 4 is 27.5 Å². The van der Waals surface area contributed by atoms with Crippen LogP contribution in [0, 0.1) is 19.8 Å². The average molecular weight is 426 g/mol. The van der Waals surface area contributed by atoms with E-state index in [1.54, 1.807) is 24.8 Å². The van der Waals surface area contributed by atoms with E-state index in [-0.39, 0.29) is 28.9 Å². The van der Waals surface area contributed by atoms with Crippen LogP contribution in [-0.4, -0.2) is 37.3 Å². The van der Waals surface area contributed by atoms with Crippen LogP contribution in [0.1, 0.15) is 47.5 Å². The van der Waals surface area contributed by atoms with Crippen LogP contribution in [-0.2, 0) is 16.6 Å². The molecule has 0 bridgehead atoms. The molecule has 1 saturated heterocycles. The van der Waals surface area contributed by atoms with E-state index in [4.69, 9.17) is 16.0 Å². The summed E-state index contributed by atoms with van der Waals surface area (Å²) >= 11 is 5.89. The van der Waals surface area contributed by atoms with Crippen molar-refractivity contribution in [3.05, 3.63) is 46.1 Å². The van der Waals surface area contributed by atoms with Crippen molar-refractivity contribution in [2.24, 2.45) is 5.92 Å². The number of amides is 1. The summed E-state index contributed by atoms with van der Waals surface area (Å²) in [6.45, 7) is 6.76. The zero-order chi connectivity index (χ0) is 20.5. The monoisotopic (exact) mass is 425 g/mol. The minimum Gasteiger partial charge on any atom is -0.444 e. The summed E-state index contributed by atoms with van der Waals surface area (Å²) in [6, 6.07) is 4.56. The first kappa shape index (κ1) is 20.8. The third-order valence-electron chi connectivity index (χ3n) is 4.95. The molecule has 1 fully saturated rings. The summed E-state index contributed by atoms with van der Waals surface area (Å²) in [6.07, 6.45) is 1.94. The first-order valence-electron chi connectivity index (χ1n) is 9.19. The van der Waals surface area contributed by atoms with Crippen molar-refractivity contribution in [2.45, 2.75) is 45.1 Å². The summed E-state index contributed by atoms with van der Waals surface area (Å²) in [4.78, 5) is 18.8. The number of oxazole rings is 1. The number of nitrogens with zero attached hydrogens (tertiary/aromatic N) is 2. The van der Waals surface area contributed by atoms with Gasteiger partial charge in [-0.05, 0) is 56.4 Å². The van der Waals surface area contributed by atoms with Crippen LogP contribution >= 0.6 is 11.6 Å². The van der Waals surface area contributed by atoms with E-state index in [9.17, 15) is 13.2 Å². The number of piperidine rings is 1. The lowest BCUT2D eigenvalue weighted by atomic mass is 9.99. The molecule has 1 aliphatic rings. The van der Waals surface area contributed by atoms with Gasteiger partial charge < -0.3 is 9.32 Å². The molecular formula is C19H24ClN3O4S. The van der Waals surface area contributed by atoms with Crippen LogP contribution in [0.3, 0.4) is 0 Å². The third-order valence-corrected chi connectivity index (χ3v) is 6.75. The molecule has 1 aliphatic heterocycles. The lowest BCUT2D eigenvalue weighted by Crippen LogP contribution is -2.38. The van der Waals surface area contributed by atoms with E-state index < -0.39 is 10.0 Å². The van der Waals surface area contributed by atoms with Crippen molar-refractivity contribution in [1.29, 1.82) is 0 Å². The van der Waals surface area contributed by atoms with Gasteiger partial charge in [0.1, 0.15) is 5.76 Å². The van der Waals surface area contributed by atoms with Crippen LogP contribution in [0.5, 0.6) is 0 Å². The van der Waals surface area contributed by atoms with Crippen molar-refractivity contribution in [3.63, 3.8) is 0 Å². The second-order valence-corrected chi connectivity index (χ2v) is 9.39. The highest BCUT2D eigenvalue weighted by atomic mass is 35.5. The quantitative estimate of drug-likeness (QED) is 0.793. The Bertz CT molecular complexity index is 979. The second-order valence-electron chi connectivity index (χ2n) is 7.22. The predicted octanol–water partition coefficient (Wildman–Crippen LogP) is 3.30. The zero-order valence-electron chi connectivity index (χ0n) is 16.2. The van der Waals surface area contributed by atoms with Crippen molar-refractivity contribution < 1.29 is 17.6 Å². The molecule has 152 valence electrons. The topological polar surface area (TPSA) is 92.5 Å². The number of hydrogen-bond donors (Lipinski definition) is 1. The fourth-order valence-electron chi connectivity index (χ4n) is 3.24. The molecule has 2 heterocycles.